The van der Waals surface area contributed by atoms with Gasteiger partial charge in [0.15, 0.2) is 0 Å². The lowest BCUT2D eigenvalue weighted by Crippen LogP contribution is -2.40. The second kappa shape index (κ2) is 7.35. The maximum absolute atomic E-state index is 12.2. The maximum Gasteiger partial charge on any atom is 0.289 e. The molecule has 1 saturated heterocycles. The first-order chi connectivity index (χ1) is 10.8. The lowest BCUT2D eigenvalue weighted by molar-refractivity contribution is -0.133. The number of pyridine rings is 1. The average Bonchev–Trinajstić information content (AvgIpc) is 2.52. The van der Waals surface area contributed by atoms with Crippen molar-refractivity contribution in [3.8, 4) is 0 Å². The highest BCUT2D eigenvalue weighted by molar-refractivity contribution is 5.94. The maximum atomic E-state index is 12.2. The van der Waals surface area contributed by atoms with Crippen LogP contribution in [0.25, 0.3) is 0 Å². The van der Waals surface area contributed by atoms with E-state index in [0.29, 0.717) is 38.0 Å². The standard InChI is InChI=1S/C17H24N4O2/c1-17(2,3)12-15(22)21-10-7-13(8-11-21)19-20-16(23)14-6-4-5-9-18-14/h4-6,9H,7-8,10-12H2,1-3H3,(H,20,23). The monoisotopic (exact) mass is 316 g/mol. The predicted molar refractivity (Wildman–Crippen MR) is 89.0 cm³/mol. The number of aromatic nitrogens is 1. The number of nitrogens with one attached hydrogen (secondary N) is 1. The van der Waals surface area contributed by atoms with Crippen molar-refractivity contribution in [3.63, 3.8) is 0 Å². The van der Waals surface area contributed by atoms with Crippen LogP contribution in [0.1, 0.15) is 50.5 Å². The summed E-state index contributed by atoms with van der Waals surface area (Å²) in [5.41, 5.74) is 3.79. The molecule has 1 aromatic rings. The molecular formula is C17H24N4O2. The van der Waals surface area contributed by atoms with Crippen molar-refractivity contribution >= 4 is 17.5 Å². The van der Waals surface area contributed by atoms with Gasteiger partial charge in [-0.15, -0.1) is 0 Å². The number of hydrogen-bond acceptors (Lipinski definition) is 4. The third-order valence-corrected chi connectivity index (χ3v) is 3.59. The Morgan fingerprint density at radius 1 is 1.26 bits per heavy atom. The SMILES string of the molecule is CC(C)(C)CC(=O)N1CCC(=NNC(=O)c2ccccn2)CC1. The number of piperidine rings is 1. The number of amides is 2. The summed E-state index contributed by atoms with van der Waals surface area (Å²) in [6.07, 6.45) is 3.51. The molecule has 2 amide bonds. The second-order valence-corrected chi connectivity index (χ2v) is 6.95. The fraction of sp³-hybridized carbons (Fsp3) is 0.529. The van der Waals surface area contributed by atoms with Crippen molar-refractivity contribution in [2.24, 2.45) is 10.5 Å². The Kier molecular flexibility index (Phi) is 5.47. The zero-order valence-corrected chi connectivity index (χ0v) is 14.0. The van der Waals surface area contributed by atoms with Gasteiger partial charge < -0.3 is 4.90 Å². The molecule has 1 aliphatic rings. The number of carbonyl (C=O) groups is 2. The number of carbonyl (C=O) groups excluding carboxylic acids is 2. The van der Waals surface area contributed by atoms with Crippen LogP contribution in [-0.4, -0.2) is 40.5 Å². The molecule has 2 rings (SSSR count). The quantitative estimate of drug-likeness (QED) is 0.869. The summed E-state index contributed by atoms with van der Waals surface area (Å²) >= 11 is 0. The van der Waals surface area contributed by atoms with Gasteiger partial charge in [0.25, 0.3) is 5.91 Å². The number of rotatable bonds is 3. The molecule has 6 heteroatoms. The molecule has 0 radical (unpaired) electrons. The molecule has 6 nitrogen and oxygen atoms in total. The van der Waals surface area contributed by atoms with Crippen LogP contribution in [0.2, 0.25) is 0 Å². The highest BCUT2D eigenvalue weighted by Gasteiger charge is 2.24. The first-order valence-electron chi connectivity index (χ1n) is 7.90. The summed E-state index contributed by atoms with van der Waals surface area (Å²) in [4.78, 5) is 29.9. The van der Waals surface area contributed by atoms with E-state index in [1.165, 1.54) is 0 Å². The minimum atomic E-state index is -0.315. The first-order valence-corrected chi connectivity index (χ1v) is 7.90. The molecule has 0 aliphatic carbocycles. The van der Waals surface area contributed by atoms with Crippen LogP contribution >= 0.6 is 0 Å². The highest BCUT2D eigenvalue weighted by Crippen LogP contribution is 2.21. The average molecular weight is 316 g/mol. The van der Waals surface area contributed by atoms with E-state index in [-0.39, 0.29) is 17.2 Å². The van der Waals surface area contributed by atoms with Gasteiger partial charge in [0.05, 0.1) is 0 Å². The molecule has 2 heterocycles. The molecule has 0 unspecified atom stereocenters. The van der Waals surface area contributed by atoms with E-state index in [2.05, 4.69) is 36.3 Å². The van der Waals surface area contributed by atoms with Crippen molar-refractivity contribution in [2.75, 3.05) is 13.1 Å². The van der Waals surface area contributed by atoms with Crippen LogP contribution in [0.3, 0.4) is 0 Å². The van der Waals surface area contributed by atoms with E-state index in [4.69, 9.17) is 0 Å². The van der Waals surface area contributed by atoms with Crippen molar-refractivity contribution in [2.45, 2.75) is 40.0 Å². The van der Waals surface area contributed by atoms with Crippen molar-refractivity contribution < 1.29 is 9.59 Å². The van der Waals surface area contributed by atoms with E-state index >= 15 is 0 Å². The zero-order valence-electron chi connectivity index (χ0n) is 14.0. The normalized spacial score (nSPS) is 15.3. The van der Waals surface area contributed by atoms with Crippen LogP contribution in [0.5, 0.6) is 0 Å². The Morgan fingerprint density at radius 3 is 2.52 bits per heavy atom. The molecule has 0 bridgehead atoms. The van der Waals surface area contributed by atoms with Crippen molar-refractivity contribution in [3.05, 3.63) is 30.1 Å². The van der Waals surface area contributed by atoms with Gasteiger partial charge in [-0.25, -0.2) is 5.43 Å². The van der Waals surface area contributed by atoms with Crippen LogP contribution in [0.15, 0.2) is 29.5 Å². The lowest BCUT2D eigenvalue weighted by Gasteiger charge is -2.30. The Balaban J connectivity index is 1.82. The first kappa shape index (κ1) is 17.1. The molecule has 0 atom stereocenters. The molecule has 124 valence electrons. The zero-order chi connectivity index (χ0) is 16.9. The van der Waals surface area contributed by atoms with Gasteiger partial charge in [-0.3, -0.25) is 14.6 Å². The minimum absolute atomic E-state index is 0.00209. The van der Waals surface area contributed by atoms with E-state index in [0.717, 1.165) is 5.71 Å². The largest absolute Gasteiger partial charge is 0.342 e. The van der Waals surface area contributed by atoms with Crippen molar-refractivity contribution in [1.82, 2.24) is 15.3 Å². The third-order valence-electron chi connectivity index (χ3n) is 3.59. The van der Waals surface area contributed by atoms with E-state index in [9.17, 15) is 9.59 Å². The molecule has 0 spiro atoms. The number of hydrazone groups is 1. The number of nitrogens with zero attached hydrogens (tertiary/aromatic N) is 3. The summed E-state index contributed by atoms with van der Waals surface area (Å²) in [6.45, 7) is 7.51. The molecule has 0 aromatic carbocycles. The molecular weight excluding hydrogens is 292 g/mol. The predicted octanol–water partition coefficient (Wildman–Crippen LogP) is 2.23. The molecule has 1 aromatic heterocycles. The topological polar surface area (TPSA) is 74.7 Å². The number of likely N-dealkylation sites (tertiary alicyclic amines) is 1. The van der Waals surface area contributed by atoms with Gasteiger partial charge >= 0.3 is 0 Å². The lowest BCUT2D eigenvalue weighted by atomic mass is 9.91. The van der Waals surface area contributed by atoms with Gasteiger partial charge in [0, 0.05) is 44.3 Å². The van der Waals surface area contributed by atoms with Gasteiger partial charge in [-0.1, -0.05) is 26.8 Å². The fourth-order valence-corrected chi connectivity index (χ4v) is 2.38. The Labute approximate surface area is 137 Å². The van der Waals surface area contributed by atoms with E-state index in [1.807, 2.05) is 4.90 Å². The van der Waals surface area contributed by atoms with Gasteiger partial charge in [-0.2, -0.15) is 5.10 Å². The summed E-state index contributed by atoms with van der Waals surface area (Å²) in [5, 5.41) is 4.17. The van der Waals surface area contributed by atoms with Crippen LogP contribution in [-0.2, 0) is 4.79 Å². The van der Waals surface area contributed by atoms with Gasteiger partial charge in [0.2, 0.25) is 5.91 Å². The summed E-state index contributed by atoms with van der Waals surface area (Å²) in [6, 6.07) is 5.16. The third kappa shape index (κ3) is 5.47. The summed E-state index contributed by atoms with van der Waals surface area (Å²) < 4.78 is 0. The van der Waals surface area contributed by atoms with Crippen LogP contribution in [0, 0.1) is 5.41 Å². The molecule has 0 saturated carbocycles. The van der Waals surface area contributed by atoms with Crippen LogP contribution in [0.4, 0.5) is 0 Å². The fourth-order valence-electron chi connectivity index (χ4n) is 2.38. The smallest absolute Gasteiger partial charge is 0.289 e. The van der Waals surface area contributed by atoms with E-state index in [1.54, 1.807) is 24.4 Å². The molecule has 23 heavy (non-hydrogen) atoms. The van der Waals surface area contributed by atoms with Crippen molar-refractivity contribution in [1.29, 1.82) is 0 Å². The number of hydrogen-bond donors (Lipinski definition) is 1. The Bertz CT molecular complexity index is 580. The molecule has 1 fully saturated rings. The second-order valence-electron chi connectivity index (χ2n) is 6.95. The van der Waals surface area contributed by atoms with Gasteiger partial charge in [-0.05, 0) is 17.5 Å². The Hall–Kier alpha value is -2.24. The summed E-state index contributed by atoms with van der Waals surface area (Å²) in [5.74, 6) is -0.126. The van der Waals surface area contributed by atoms with Gasteiger partial charge in [0.1, 0.15) is 5.69 Å². The minimum Gasteiger partial charge on any atom is -0.342 e. The Morgan fingerprint density at radius 2 is 1.96 bits per heavy atom. The van der Waals surface area contributed by atoms with E-state index < -0.39 is 0 Å². The molecule has 1 aliphatic heterocycles. The highest BCUT2D eigenvalue weighted by atomic mass is 16.2. The molecule has 1 N–H and O–H groups in total. The van der Waals surface area contributed by atoms with Crippen LogP contribution < -0.4 is 5.43 Å². The summed E-state index contributed by atoms with van der Waals surface area (Å²) in [7, 11) is 0.